The molecule has 0 aromatic heterocycles. The molecule has 1 aliphatic heterocycles. The molecule has 5 aliphatic rings. The van der Waals surface area contributed by atoms with Crippen molar-refractivity contribution < 1.29 is 28.9 Å². The minimum absolute atomic E-state index is 0.0143. The van der Waals surface area contributed by atoms with Crippen LogP contribution in [0.2, 0.25) is 0 Å². The zero-order valence-electron chi connectivity index (χ0n) is 24.1. The third-order valence-corrected chi connectivity index (χ3v) is 11.2. The van der Waals surface area contributed by atoms with Crippen LogP contribution in [0.15, 0.2) is 23.8 Å². The van der Waals surface area contributed by atoms with Gasteiger partial charge in [-0.15, -0.1) is 0 Å². The largest absolute Gasteiger partial charge is 0.481 e. The Morgan fingerprint density at radius 2 is 2.03 bits per heavy atom. The molecule has 10 atom stereocenters. The second-order valence-corrected chi connectivity index (χ2v) is 13.5. The first-order valence-electron chi connectivity index (χ1n) is 14.6. The summed E-state index contributed by atoms with van der Waals surface area (Å²) in [4.78, 5) is 29.1. The van der Waals surface area contributed by atoms with Crippen molar-refractivity contribution in [1.29, 1.82) is 0 Å². The van der Waals surface area contributed by atoms with Crippen molar-refractivity contribution in [2.45, 2.75) is 78.8 Å². The van der Waals surface area contributed by atoms with Crippen LogP contribution in [0, 0.1) is 45.8 Å². The molecule has 0 aromatic rings. The smallest absolute Gasteiger partial charge is 0.315 e. The molecule has 38 heavy (non-hydrogen) atoms. The molecule has 0 aromatic carbocycles. The third-order valence-electron chi connectivity index (χ3n) is 11.2. The molecule has 0 radical (unpaired) electrons. The number of allylic oxidation sites excluding steroid dienone is 1. The van der Waals surface area contributed by atoms with E-state index in [1.54, 1.807) is 7.11 Å². The van der Waals surface area contributed by atoms with Gasteiger partial charge in [0, 0.05) is 32.2 Å². The number of carbonyl (C=O) groups excluding carboxylic acids is 1. The summed E-state index contributed by atoms with van der Waals surface area (Å²) >= 11 is 0. The molecular weight excluding hydrogens is 482 g/mol. The average molecular weight is 530 g/mol. The highest BCUT2D eigenvalue weighted by Crippen LogP contribution is 2.82. The van der Waals surface area contributed by atoms with Gasteiger partial charge in [-0.3, -0.25) is 9.69 Å². The zero-order chi connectivity index (χ0) is 27.6. The second-order valence-electron chi connectivity index (χ2n) is 13.5. The van der Waals surface area contributed by atoms with Gasteiger partial charge in [-0.2, -0.15) is 0 Å². The van der Waals surface area contributed by atoms with Crippen molar-refractivity contribution in [2.75, 3.05) is 33.4 Å². The summed E-state index contributed by atoms with van der Waals surface area (Å²) in [5.74, 6) is 0.160. The van der Waals surface area contributed by atoms with E-state index in [0.717, 1.165) is 43.2 Å². The van der Waals surface area contributed by atoms with Gasteiger partial charge in [0.1, 0.15) is 11.7 Å². The molecule has 4 unspecified atom stereocenters. The van der Waals surface area contributed by atoms with E-state index in [2.05, 4.69) is 38.3 Å². The molecule has 3 saturated carbocycles. The van der Waals surface area contributed by atoms with Gasteiger partial charge in [0.2, 0.25) is 0 Å². The van der Waals surface area contributed by atoms with Crippen LogP contribution in [0.3, 0.4) is 0 Å². The van der Waals surface area contributed by atoms with Gasteiger partial charge in [0.15, 0.2) is 6.29 Å². The second kappa shape index (κ2) is 9.83. The normalized spacial score (nSPS) is 46.1. The molecule has 5 rings (SSSR count). The van der Waals surface area contributed by atoms with Gasteiger partial charge in [-0.25, -0.2) is 0 Å². The van der Waals surface area contributed by atoms with Crippen molar-refractivity contribution in [1.82, 2.24) is 4.90 Å². The number of carboxylic acid groups (broad SMARTS) is 1. The Morgan fingerprint density at radius 3 is 2.63 bits per heavy atom. The standard InChI is InChI=1S/C31H47NO6/c1-18(2)13-32-14-26(36-7)21(6)38-27(15-32)37-17-30-12-23-20(5)8-9-24(23)29(16-33)11-22(30)10-25(19(3)4)31(29,30)28(34)35/h10,16,19-24,26-27H,1,8-9,11-15,17H2,2-7H3,(H,34,35)/t20-,21-,22?,23-,24-,26+,27-,29?,30?,31?/m1/s1. The zero-order valence-corrected chi connectivity index (χ0v) is 24.1. The van der Waals surface area contributed by atoms with Crippen LogP contribution in [-0.2, 0) is 23.8 Å². The van der Waals surface area contributed by atoms with Crippen LogP contribution < -0.4 is 0 Å². The molecule has 0 spiro atoms. The molecular formula is C31H47NO6. The molecule has 1 N–H and O–H groups in total. The van der Waals surface area contributed by atoms with Crippen LogP contribution in [0.5, 0.6) is 0 Å². The van der Waals surface area contributed by atoms with E-state index in [0.29, 0.717) is 31.3 Å². The Hall–Kier alpha value is -1.54. The molecule has 4 bridgehead atoms. The number of nitrogens with zero attached hydrogens (tertiary/aromatic N) is 1. The number of carbonyl (C=O) groups is 2. The first-order valence-corrected chi connectivity index (χ1v) is 14.6. The summed E-state index contributed by atoms with van der Waals surface area (Å²) in [6.07, 6.45) is 5.91. The average Bonchev–Trinajstić information content (AvgIpc) is 3.37. The molecule has 1 heterocycles. The minimum Gasteiger partial charge on any atom is -0.481 e. The van der Waals surface area contributed by atoms with Crippen molar-refractivity contribution in [3.8, 4) is 0 Å². The Labute approximate surface area is 227 Å². The van der Waals surface area contributed by atoms with Crippen LogP contribution >= 0.6 is 0 Å². The SMILES string of the molecule is C=C(C)CN1C[C@H](OCC23C[C@@H]4[C@H](C)CC[C@H]4C4(C=O)CC2C=C(C(C)C)C34C(=O)O)O[C@H](C)[C@@H](OC)C1. The highest BCUT2D eigenvalue weighted by molar-refractivity contribution is 5.90. The fourth-order valence-corrected chi connectivity index (χ4v) is 9.80. The van der Waals surface area contributed by atoms with E-state index >= 15 is 0 Å². The van der Waals surface area contributed by atoms with Crippen LogP contribution in [0.25, 0.3) is 0 Å². The van der Waals surface area contributed by atoms with Crippen molar-refractivity contribution in [3.63, 3.8) is 0 Å². The predicted molar refractivity (Wildman–Crippen MR) is 144 cm³/mol. The van der Waals surface area contributed by atoms with E-state index in [-0.39, 0.29) is 36.6 Å². The Balaban J connectivity index is 1.53. The lowest BCUT2D eigenvalue weighted by atomic mass is 9.43. The number of ether oxygens (including phenoxy) is 3. The van der Waals surface area contributed by atoms with Crippen molar-refractivity contribution in [3.05, 3.63) is 23.8 Å². The van der Waals surface area contributed by atoms with E-state index in [1.165, 1.54) is 0 Å². The number of carboxylic acids is 1. The van der Waals surface area contributed by atoms with Gasteiger partial charge in [-0.1, -0.05) is 51.0 Å². The fraction of sp³-hybridized carbons (Fsp3) is 0.806. The first-order chi connectivity index (χ1) is 18.0. The van der Waals surface area contributed by atoms with Crippen molar-refractivity contribution in [2.24, 2.45) is 45.8 Å². The molecule has 7 nitrogen and oxygen atoms in total. The van der Waals surface area contributed by atoms with E-state index < -0.39 is 28.5 Å². The number of hydrogen-bond donors (Lipinski definition) is 1. The Morgan fingerprint density at radius 1 is 1.29 bits per heavy atom. The number of hydrogen-bond acceptors (Lipinski definition) is 6. The summed E-state index contributed by atoms with van der Waals surface area (Å²) in [7, 11) is 1.70. The van der Waals surface area contributed by atoms with Gasteiger partial charge >= 0.3 is 5.97 Å². The molecule has 1 saturated heterocycles. The lowest BCUT2D eigenvalue weighted by Crippen LogP contribution is -2.63. The monoisotopic (exact) mass is 529 g/mol. The van der Waals surface area contributed by atoms with E-state index in [9.17, 15) is 14.7 Å². The third kappa shape index (κ3) is 3.68. The summed E-state index contributed by atoms with van der Waals surface area (Å²) in [5.41, 5.74) is -0.763. The topological polar surface area (TPSA) is 85.3 Å². The number of methoxy groups -OCH3 is 1. The summed E-state index contributed by atoms with van der Waals surface area (Å²) in [6.45, 7) is 16.8. The van der Waals surface area contributed by atoms with Gasteiger partial charge in [-0.05, 0) is 62.7 Å². The van der Waals surface area contributed by atoms with E-state index in [1.807, 2.05) is 13.8 Å². The van der Waals surface area contributed by atoms with Gasteiger partial charge < -0.3 is 24.1 Å². The number of aliphatic carboxylic acids is 1. The summed E-state index contributed by atoms with van der Waals surface area (Å²) in [5, 5.41) is 11.2. The summed E-state index contributed by atoms with van der Waals surface area (Å²) < 4.78 is 18.8. The van der Waals surface area contributed by atoms with Gasteiger partial charge in [0.05, 0.1) is 24.2 Å². The quantitative estimate of drug-likeness (QED) is 0.346. The number of rotatable bonds is 9. The Kier molecular flexibility index (Phi) is 7.24. The first kappa shape index (κ1) is 28.0. The Bertz CT molecular complexity index is 1010. The van der Waals surface area contributed by atoms with Crippen LogP contribution in [0.4, 0.5) is 0 Å². The minimum atomic E-state index is -1.23. The van der Waals surface area contributed by atoms with E-state index in [4.69, 9.17) is 14.2 Å². The van der Waals surface area contributed by atoms with Crippen LogP contribution in [-0.4, -0.2) is 74.1 Å². The molecule has 212 valence electrons. The lowest BCUT2D eigenvalue weighted by Gasteiger charge is -2.58. The molecule has 0 amide bonds. The highest BCUT2D eigenvalue weighted by Gasteiger charge is 2.84. The maximum Gasteiger partial charge on any atom is 0.315 e. The molecule has 4 aliphatic carbocycles. The highest BCUT2D eigenvalue weighted by atomic mass is 16.7. The molecule has 7 heteroatoms. The predicted octanol–water partition coefficient (Wildman–Crippen LogP) is 4.57. The fourth-order valence-electron chi connectivity index (χ4n) is 9.80. The number of fused-ring (bicyclic) bond motifs is 2. The molecule has 4 fully saturated rings. The van der Waals surface area contributed by atoms with Gasteiger partial charge in [0.25, 0.3) is 0 Å². The maximum atomic E-state index is 13.6. The van der Waals surface area contributed by atoms with Crippen LogP contribution in [0.1, 0.15) is 60.3 Å². The number of aldehydes is 1. The maximum absolute atomic E-state index is 13.6. The van der Waals surface area contributed by atoms with Crippen molar-refractivity contribution >= 4 is 12.3 Å². The lowest BCUT2D eigenvalue weighted by molar-refractivity contribution is -0.219. The summed E-state index contributed by atoms with van der Waals surface area (Å²) in [6, 6.07) is 0.